The number of nitrogens with zero attached hydrogens (tertiary/aromatic N) is 1. The highest BCUT2D eigenvalue weighted by Crippen LogP contribution is 2.13. The molecule has 0 aliphatic rings. The first-order chi connectivity index (χ1) is 8.04. The molecule has 1 aromatic heterocycles. The Morgan fingerprint density at radius 1 is 1.41 bits per heavy atom. The van der Waals surface area contributed by atoms with Gasteiger partial charge < -0.3 is 10.3 Å². The highest BCUT2D eigenvalue weighted by atomic mass is 19.1. The van der Waals surface area contributed by atoms with Crippen molar-refractivity contribution >= 4 is 16.7 Å². The molecular formula is C12H11FN2O2. The molecule has 0 bridgehead atoms. The number of aromatic nitrogens is 1. The minimum atomic E-state index is -0.671. The van der Waals surface area contributed by atoms with Crippen molar-refractivity contribution in [3.05, 3.63) is 46.1 Å². The maximum Gasteiger partial charge on any atom is 0.265 e. The number of halogens is 1. The summed E-state index contributed by atoms with van der Waals surface area (Å²) in [6.07, 6.45) is 0. The van der Waals surface area contributed by atoms with Crippen LogP contribution >= 0.6 is 0 Å². The summed E-state index contributed by atoms with van der Waals surface area (Å²) in [5.74, 6) is -1.15. The molecule has 1 amide bonds. The van der Waals surface area contributed by atoms with Gasteiger partial charge in [0.1, 0.15) is 11.5 Å². The summed E-state index contributed by atoms with van der Waals surface area (Å²) < 4.78 is 14.3. The fourth-order valence-corrected chi connectivity index (χ4v) is 1.84. The van der Waals surface area contributed by atoms with Crippen molar-refractivity contribution in [3.63, 3.8) is 0 Å². The van der Waals surface area contributed by atoms with Gasteiger partial charge in [-0.25, -0.2) is 4.39 Å². The normalized spacial score (nSPS) is 10.7. The first kappa shape index (κ1) is 11.3. The van der Waals surface area contributed by atoms with Crippen molar-refractivity contribution in [1.29, 1.82) is 0 Å². The van der Waals surface area contributed by atoms with Crippen LogP contribution in [0, 0.1) is 5.82 Å². The third kappa shape index (κ3) is 1.80. The number of carbonyl (C=O) groups excluding carboxylic acids is 1. The zero-order valence-electron chi connectivity index (χ0n) is 9.24. The van der Waals surface area contributed by atoms with E-state index in [-0.39, 0.29) is 11.1 Å². The fraction of sp³-hybridized carbons (Fsp3) is 0.167. The molecule has 0 saturated heterocycles. The highest BCUT2D eigenvalue weighted by Gasteiger charge is 2.12. The van der Waals surface area contributed by atoms with Crippen molar-refractivity contribution in [1.82, 2.24) is 4.57 Å². The smallest absolute Gasteiger partial charge is 0.265 e. The van der Waals surface area contributed by atoms with E-state index in [1.54, 1.807) is 6.92 Å². The van der Waals surface area contributed by atoms with Crippen LogP contribution in [0.1, 0.15) is 17.4 Å². The van der Waals surface area contributed by atoms with E-state index in [2.05, 4.69) is 0 Å². The molecule has 0 aliphatic heterocycles. The number of fused-ring (bicyclic) bond motifs is 1. The van der Waals surface area contributed by atoms with Crippen molar-refractivity contribution in [2.24, 2.45) is 5.73 Å². The molecule has 2 aromatic rings. The maximum atomic E-state index is 13.1. The third-order valence-corrected chi connectivity index (χ3v) is 2.64. The summed E-state index contributed by atoms with van der Waals surface area (Å²) in [5, 5.41) is 0.756. The Morgan fingerprint density at radius 3 is 2.71 bits per heavy atom. The van der Waals surface area contributed by atoms with Crippen LogP contribution in [-0.2, 0) is 6.54 Å². The van der Waals surface area contributed by atoms with Crippen LogP contribution in [-0.4, -0.2) is 10.5 Å². The summed E-state index contributed by atoms with van der Waals surface area (Å²) in [6, 6.07) is 5.36. The first-order valence-electron chi connectivity index (χ1n) is 5.17. The standard InChI is InChI=1S/C12H11FN2O2/c1-2-15-10(11(14)16)5-7-3-4-8(13)6-9(7)12(15)17/h3-6H,2H2,1H3,(H2,14,16). The molecule has 0 aliphatic carbocycles. The van der Waals surface area contributed by atoms with Gasteiger partial charge in [-0.15, -0.1) is 0 Å². The van der Waals surface area contributed by atoms with Crippen LogP contribution < -0.4 is 11.3 Å². The molecule has 88 valence electrons. The molecule has 17 heavy (non-hydrogen) atoms. The fourth-order valence-electron chi connectivity index (χ4n) is 1.84. The molecule has 2 N–H and O–H groups in total. The number of benzene rings is 1. The van der Waals surface area contributed by atoms with Crippen LogP contribution in [0.3, 0.4) is 0 Å². The summed E-state index contributed by atoms with van der Waals surface area (Å²) in [7, 11) is 0. The van der Waals surface area contributed by atoms with Gasteiger partial charge in [-0.3, -0.25) is 9.59 Å². The van der Waals surface area contributed by atoms with Gasteiger partial charge in [-0.05, 0) is 30.5 Å². The second-order valence-corrected chi connectivity index (χ2v) is 3.67. The van der Waals surface area contributed by atoms with Crippen molar-refractivity contribution in [3.8, 4) is 0 Å². The molecule has 1 aromatic carbocycles. The van der Waals surface area contributed by atoms with Gasteiger partial charge in [-0.2, -0.15) is 0 Å². The Balaban J connectivity index is 2.93. The van der Waals surface area contributed by atoms with E-state index in [1.807, 2.05) is 0 Å². The Labute approximate surface area is 96.5 Å². The van der Waals surface area contributed by atoms with E-state index in [0.29, 0.717) is 11.9 Å². The first-order valence-corrected chi connectivity index (χ1v) is 5.17. The van der Waals surface area contributed by atoms with E-state index in [1.165, 1.54) is 22.8 Å². The minimum Gasteiger partial charge on any atom is -0.364 e. The Bertz CT molecular complexity index is 661. The molecule has 1 heterocycles. The third-order valence-electron chi connectivity index (χ3n) is 2.64. The predicted molar refractivity (Wildman–Crippen MR) is 62.4 cm³/mol. The molecule has 4 nitrogen and oxygen atoms in total. The number of pyridine rings is 1. The number of amides is 1. The maximum absolute atomic E-state index is 13.1. The average molecular weight is 234 g/mol. The Kier molecular flexibility index (Phi) is 2.67. The van der Waals surface area contributed by atoms with Gasteiger partial charge in [0.15, 0.2) is 0 Å². The SMILES string of the molecule is CCn1c(C(N)=O)cc2ccc(F)cc2c1=O. The number of rotatable bonds is 2. The van der Waals surface area contributed by atoms with Gasteiger partial charge in [0.25, 0.3) is 11.5 Å². The minimum absolute atomic E-state index is 0.136. The van der Waals surface area contributed by atoms with Gasteiger partial charge in [0.2, 0.25) is 0 Å². The molecule has 5 heteroatoms. The Morgan fingerprint density at radius 2 is 2.12 bits per heavy atom. The molecule has 0 saturated carbocycles. The van der Waals surface area contributed by atoms with Gasteiger partial charge in [0, 0.05) is 6.54 Å². The van der Waals surface area contributed by atoms with E-state index < -0.39 is 17.3 Å². The summed E-state index contributed by atoms with van der Waals surface area (Å²) in [6.45, 7) is 2.03. The molecule has 0 fully saturated rings. The molecule has 2 rings (SSSR count). The molecule has 0 radical (unpaired) electrons. The van der Waals surface area contributed by atoms with E-state index >= 15 is 0 Å². The van der Waals surface area contributed by atoms with Gasteiger partial charge in [-0.1, -0.05) is 6.07 Å². The quantitative estimate of drug-likeness (QED) is 0.850. The lowest BCUT2D eigenvalue weighted by molar-refractivity contribution is 0.0990. The van der Waals surface area contributed by atoms with E-state index in [4.69, 9.17) is 5.73 Å². The second-order valence-electron chi connectivity index (χ2n) is 3.67. The summed E-state index contributed by atoms with van der Waals surface area (Å²) >= 11 is 0. The predicted octanol–water partition coefficient (Wildman–Crippen LogP) is 1.26. The largest absolute Gasteiger partial charge is 0.364 e. The van der Waals surface area contributed by atoms with Gasteiger partial charge >= 0.3 is 0 Å². The summed E-state index contributed by atoms with van der Waals surface area (Å²) in [4.78, 5) is 23.3. The number of nitrogens with two attached hydrogens (primary N) is 1. The number of carbonyl (C=O) groups is 1. The van der Waals surface area contributed by atoms with Crippen LogP contribution in [0.5, 0.6) is 0 Å². The second kappa shape index (κ2) is 4.01. The molecular weight excluding hydrogens is 223 g/mol. The van der Waals surface area contributed by atoms with Crippen LogP contribution in [0.15, 0.2) is 29.1 Å². The van der Waals surface area contributed by atoms with Crippen LogP contribution in [0.4, 0.5) is 4.39 Å². The average Bonchev–Trinajstić information content (AvgIpc) is 2.29. The van der Waals surface area contributed by atoms with Crippen molar-refractivity contribution < 1.29 is 9.18 Å². The monoisotopic (exact) mass is 234 g/mol. The van der Waals surface area contributed by atoms with Crippen LogP contribution in [0.2, 0.25) is 0 Å². The van der Waals surface area contributed by atoms with Crippen LogP contribution in [0.25, 0.3) is 10.8 Å². The van der Waals surface area contributed by atoms with E-state index in [0.717, 1.165) is 6.07 Å². The lowest BCUT2D eigenvalue weighted by Gasteiger charge is -2.09. The van der Waals surface area contributed by atoms with Crippen molar-refractivity contribution in [2.75, 3.05) is 0 Å². The molecule has 0 spiro atoms. The number of hydrogen-bond donors (Lipinski definition) is 1. The number of hydrogen-bond acceptors (Lipinski definition) is 2. The molecule has 0 atom stereocenters. The van der Waals surface area contributed by atoms with E-state index in [9.17, 15) is 14.0 Å². The topological polar surface area (TPSA) is 65.1 Å². The Hall–Kier alpha value is -2.17. The summed E-state index contributed by atoms with van der Waals surface area (Å²) in [5.41, 5.74) is 4.94. The molecule has 0 unspecified atom stereocenters. The lowest BCUT2D eigenvalue weighted by Crippen LogP contribution is -2.28. The zero-order chi connectivity index (χ0) is 12.6. The van der Waals surface area contributed by atoms with Crippen molar-refractivity contribution in [2.45, 2.75) is 13.5 Å². The zero-order valence-corrected chi connectivity index (χ0v) is 9.24. The lowest BCUT2D eigenvalue weighted by atomic mass is 10.1. The highest BCUT2D eigenvalue weighted by molar-refractivity contribution is 5.95. The van der Waals surface area contributed by atoms with Gasteiger partial charge in [0.05, 0.1) is 5.39 Å². The number of primary amides is 1.